The van der Waals surface area contributed by atoms with Gasteiger partial charge >= 0.3 is 5.97 Å². The standard InChI is InChI=1S/C6H5Cl2N3O2/c1-13-6(12)2-3(7)11-5(9)4(8)10-2/h1H3,(H2,9,11). The third-order valence-electron chi connectivity index (χ3n) is 1.21. The molecule has 1 aromatic heterocycles. The van der Waals surface area contributed by atoms with Crippen molar-refractivity contribution in [2.24, 2.45) is 0 Å². The zero-order chi connectivity index (χ0) is 10.0. The van der Waals surface area contributed by atoms with Crippen molar-refractivity contribution in [2.75, 3.05) is 12.8 Å². The van der Waals surface area contributed by atoms with E-state index in [0.29, 0.717) is 0 Å². The number of esters is 1. The lowest BCUT2D eigenvalue weighted by atomic mass is 10.4. The molecule has 0 aromatic carbocycles. The second kappa shape index (κ2) is 3.76. The lowest BCUT2D eigenvalue weighted by molar-refractivity contribution is 0.0594. The highest BCUT2D eigenvalue weighted by atomic mass is 35.5. The van der Waals surface area contributed by atoms with Crippen molar-refractivity contribution in [1.82, 2.24) is 9.97 Å². The first kappa shape index (κ1) is 10.0. The summed E-state index contributed by atoms with van der Waals surface area (Å²) >= 11 is 11.1. The summed E-state index contributed by atoms with van der Waals surface area (Å²) in [7, 11) is 1.20. The minimum Gasteiger partial charge on any atom is -0.464 e. The number of aromatic nitrogens is 2. The van der Waals surface area contributed by atoms with Crippen molar-refractivity contribution in [1.29, 1.82) is 0 Å². The Balaban J connectivity index is 3.23. The van der Waals surface area contributed by atoms with E-state index >= 15 is 0 Å². The van der Waals surface area contributed by atoms with Gasteiger partial charge in [0.25, 0.3) is 0 Å². The molecule has 0 unspecified atom stereocenters. The number of ether oxygens (including phenoxy) is 1. The summed E-state index contributed by atoms with van der Waals surface area (Å²) in [6.07, 6.45) is 0. The highest BCUT2D eigenvalue weighted by Gasteiger charge is 2.16. The Morgan fingerprint density at radius 2 is 2.00 bits per heavy atom. The zero-order valence-electron chi connectivity index (χ0n) is 6.54. The Kier molecular flexibility index (Phi) is 2.90. The number of nitrogens with two attached hydrogens (primary N) is 1. The van der Waals surface area contributed by atoms with Gasteiger partial charge in [0.15, 0.2) is 21.8 Å². The van der Waals surface area contributed by atoms with Gasteiger partial charge in [-0.05, 0) is 0 Å². The van der Waals surface area contributed by atoms with Crippen LogP contribution in [0.25, 0.3) is 0 Å². The molecule has 1 rings (SSSR count). The van der Waals surface area contributed by atoms with Crippen LogP contribution in [0.5, 0.6) is 0 Å². The van der Waals surface area contributed by atoms with Gasteiger partial charge in [0.05, 0.1) is 7.11 Å². The Morgan fingerprint density at radius 3 is 2.54 bits per heavy atom. The van der Waals surface area contributed by atoms with Crippen molar-refractivity contribution in [3.8, 4) is 0 Å². The molecule has 70 valence electrons. The minimum atomic E-state index is -0.709. The van der Waals surface area contributed by atoms with Crippen LogP contribution in [-0.2, 0) is 4.74 Å². The van der Waals surface area contributed by atoms with Crippen LogP contribution in [0.3, 0.4) is 0 Å². The molecule has 1 heterocycles. The van der Waals surface area contributed by atoms with Crippen LogP contribution >= 0.6 is 23.2 Å². The quantitative estimate of drug-likeness (QED) is 0.721. The van der Waals surface area contributed by atoms with Crippen molar-refractivity contribution in [3.05, 3.63) is 16.0 Å². The van der Waals surface area contributed by atoms with Crippen molar-refractivity contribution >= 4 is 35.0 Å². The number of hydrogen-bond acceptors (Lipinski definition) is 5. The molecule has 0 aliphatic heterocycles. The summed E-state index contributed by atoms with van der Waals surface area (Å²) in [5.41, 5.74) is 5.14. The molecule has 0 saturated carbocycles. The van der Waals surface area contributed by atoms with Crippen molar-refractivity contribution in [3.63, 3.8) is 0 Å². The van der Waals surface area contributed by atoms with E-state index in [1.165, 1.54) is 7.11 Å². The Labute approximate surface area is 83.8 Å². The first-order chi connectivity index (χ1) is 6.06. The predicted molar refractivity (Wildman–Crippen MR) is 47.8 cm³/mol. The van der Waals surface area contributed by atoms with Gasteiger partial charge in [0, 0.05) is 0 Å². The van der Waals surface area contributed by atoms with Gasteiger partial charge in [0.1, 0.15) is 0 Å². The molecule has 13 heavy (non-hydrogen) atoms. The molecule has 0 amide bonds. The fourth-order valence-electron chi connectivity index (χ4n) is 0.633. The molecule has 0 atom stereocenters. The van der Waals surface area contributed by atoms with Crippen LogP contribution in [0.2, 0.25) is 10.3 Å². The topological polar surface area (TPSA) is 78.1 Å². The zero-order valence-corrected chi connectivity index (χ0v) is 8.06. The number of carbonyl (C=O) groups excluding carboxylic acids is 1. The van der Waals surface area contributed by atoms with Gasteiger partial charge in [-0.15, -0.1) is 0 Å². The number of methoxy groups -OCH3 is 1. The number of carbonyl (C=O) groups is 1. The van der Waals surface area contributed by atoms with Gasteiger partial charge in [0.2, 0.25) is 0 Å². The first-order valence-electron chi connectivity index (χ1n) is 3.13. The molecule has 0 fully saturated rings. The van der Waals surface area contributed by atoms with E-state index < -0.39 is 5.97 Å². The maximum absolute atomic E-state index is 11.0. The van der Waals surface area contributed by atoms with Crippen LogP contribution < -0.4 is 5.73 Å². The monoisotopic (exact) mass is 221 g/mol. The highest BCUT2D eigenvalue weighted by molar-refractivity contribution is 6.34. The smallest absolute Gasteiger partial charge is 0.359 e. The molecule has 5 nitrogen and oxygen atoms in total. The van der Waals surface area contributed by atoms with E-state index in [-0.39, 0.29) is 21.8 Å². The Morgan fingerprint density at radius 1 is 1.38 bits per heavy atom. The minimum absolute atomic E-state index is 0.0284. The highest BCUT2D eigenvalue weighted by Crippen LogP contribution is 2.19. The molecule has 0 spiro atoms. The number of nitrogen functional groups attached to an aromatic ring is 1. The van der Waals surface area contributed by atoms with E-state index in [0.717, 1.165) is 0 Å². The van der Waals surface area contributed by atoms with E-state index in [1.807, 2.05) is 0 Å². The summed E-state index contributed by atoms with van der Waals surface area (Å²) in [6.45, 7) is 0. The summed E-state index contributed by atoms with van der Waals surface area (Å²) in [4.78, 5) is 18.2. The van der Waals surface area contributed by atoms with Gasteiger partial charge in [-0.2, -0.15) is 0 Å². The fourth-order valence-corrected chi connectivity index (χ4v) is 0.970. The number of rotatable bonds is 1. The third-order valence-corrected chi connectivity index (χ3v) is 1.76. The first-order valence-corrected chi connectivity index (χ1v) is 3.88. The molecule has 2 N–H and O–H groups in total. The van der Waals surface area contributed by atoms with Crippen LogP contribution in [0.15, 0.2) is 0 Å². The Bertz CT molecular complexity index is 356. The molecular formula is C6H5Cl2N3O2. The SMILES string of the molecule is COC(=O)c1nc(Cl)c(N)nc1Cl. The molecule has 1 aromatic rings. The predicted octanol–water partition coefficient (Wildman–Crippen LogP) is 1.15. The average molecular weight is 222 g/mol. The van der Waals surface area contributed by atoms with E-state index in [9.17, 15) is 4.79 Å². The fraction of sp³-hybridized carbons (Fsp3) is 0.167. The molecule has 0 saturated heterocycles. The third kappa shape index (κ3) is 1.99. The molecule has 0 aliphatic rings. The van der Waals surface area contributed by atoms with Crippen molar-refractivity contribution < 1.29 is 9.53 Å². The molecule has 0 radical (unpaired) electrons. The van der Waals surface area contributed by atoms with Gasteiger partial charge in [-0.1, -0.05) is 23.2 Å². The maximum Gasteiger partial charge on any atom is 0.359 e. The lowest BCUT2D eigenvalue weighted by Gasteiger charge is -2.02. The summed E-state index contributed by atoms with van der Waals surface area (Å²) in [6, 6.07) is 0. The number of anilines is 1. The summed E-state index contributed by atoms with van der Waals surface area (Å²) < 4.78 is 4.39. The van der Waals surface area contributed by atoms with E-state index in [4.69, 9.17) is 28.9 Å². The normalized spacial score (nSPS) is 9.77. The van der Waals surface area contributed by atoms with E-state index in [1.54, 1.807) is 0 Å². The number of nitrogens with zero attached hydrogens (tertiary/aromatic N) is 2. The van der Waals surface area contributed by atoms with Gasteiger partial charge in [-0.3, -0.25) is 0 Å². The van der Waals surface area contributed by atoms with Crippen LogP contribution in [-0.4, -0.2) is 23.0 Å². The van der Waals surface area contributed by atoms with E-state index in [2.05, 4.69) is 14.7 Å². The van der Waals surface area contributed by atoms with Gasteiger partial charge in [-0.25, -0.2) is 14.8 Å². The molecule has 0 aliphatic carbocycles. The average Bonchev–Trinajstić information content (AvgIpc) is 2.10. The maximum atomic E-state index is 11.0. The van der Waals surface area contributed by atoms with Crippen LogP contribution in [0, 0.1) is 0 Å². The molecule has 7 heteroatoms. The Hall–Kier alpha value is -1.07. The second-order valence-electron chi connectivity index (χ2n) is 2.03. The number of halogens is 2. The van der Waals surface area contributed by atoms with Crippen LogP contribution in [0.1, 0.15) is 10.5 Å². The summed E-state index contributed by atoms with van der Waals surface area (Å²) in [5.74, 6) is -0.737. The van der Waals surface area contributed by atoms with Crippen LogP contribution in [0.4, 0.5) is 5.82 Å². The van der Waals surface area contributed by atoms with Crippen molar-refractivity contribution in [2.45, 2.75) is 0 Å². The van der Waals surface area contributed by atoms with Gasteiger partial charge < -0.3 is 10.5 Å². The second-order valence-corrected chi connectivity index (χ2v) is 2.75. The molecular weight excluding hydrogens is 217 g/mol. The lowest BCUT2D eigenvalue weighted by Crippen LogP contribution is -2.08. The number of hydrogen-bond donors (Lipinski definition) is 1. The largest absolute Gasteiger partial charge is 0.464 e. The summed E-state index contributed by atoms with van der Waals surface area (Å²) in [5, 5.41) is -0.210. The molecule has 0 bridgehead atoms.